The molecule has 2 aromatic carbocycles. The van der Waals surface area contributed by atoms with Crippen LogP contribution in [0.5, 0.6) is 0 Å². The molecule has 2 unspecified atom stereocenters. The van der Waals surface area contributed by atoms with Gasteiger partial charge in [0.05, 0.1) is 16.6 Å². The van der Waals surface area contributed by atoms with Gasteiger partial charge in [0.25, 0.3) is 5.01 Å². The summed E-state index contributed by atoms with van der Waals surface area (Å²) in [6.07, 6.45) is 5.08. The topological polar surface area (TPSA) is 81.7 Å². The lowest BCUT2D eigenvalue weighted by Crippen LogP contribution is -2.40. The van der Waals surface area contributed by atoms with Crippen molar-refractivity contribution in [1.29, 1.82) is 0 Å². The predicted octanol–water partition coefficient (Wildman–Crippen LogP) is 6.49. The summed E-state index contributed by atoms with van der Waals surface area (Å²) >= 11 is 3.32. The van der Waals surface area contributed by atoms with Crippen LogP contribution in [-0.4, -0.2) is 28.7 Å². The van der Waals surface area contributed by atoms with Gasteiger partial charge in [-0.2, -0.15) is 4.57 Å². The van der Waals surface area contributed by atoms with Gasteiger partial charge in [-0.05, 0) is 68.2 Å². The lowest BCUT2D eigenvalue weighted by Gasteiger charge is -2.23. The molecule has 4 rings (SSSR count). The second-order valence-corrected chi connectivity index (χ2v) is 11.9. The number of anilines is 1. The summed E-state index contributed by atoms with van der Waals surface area (Å²) in [6, 6.07) is 12.6. The third kappa shape index (κ3) is 5.91. The monoisotopic (exact) mass is 537 g/mol. The molecule has 1 aliphatic rings. The number of aliphatic carboxylic acids is 2. The van der Waals surface area contributed by atoms with Crippen LogP contribution in [-0.2, 0) is 16.1 Å². The maximum absolute atomic E-state index is 11.7. The highest BCUT2D eigenvalue weighted by atomic mass is 32.2. The summed E-state index contributed by atoms with van der Waals surface area (Å²) in [5, 5.41) is 21.2. The van der Waals surface area contributed by atoms with Crippen LogP contribution in [0.15, 0.2) is 58.0 Å². The van der Waals surface area contributed by atoms with E-state index in [0.29, 0.717) is 13.1 Å². The fourth-order valence-electron chi connectivity index (χ4n) is 4.28. The van der Waals surface area contributed by atoms with Crippen molar-refractivity contribution in [2.75, 3.05) is 11.4 Å². The molecule has 2 atom stereocenters. The number of fused-ring (bicyclic) bond motifs is 2. The zero-order chi connectivity index (χ0) is 26.9. The zero-order valence-corrected chi connectivity index (χ0v) is 23.4. The van der Waals surface area contributed by atoms with Crippen molar-refractivity contribution in [3.05, 3.63) is 69.2 Å². The molecule has 0 bridgehead atoms. The van der Waals surface area contributed by atoms with Crippen LogP contribution in [0.1, 0.15) is 43.3 Å². The Bertz CT molecular complexity index is 1420. The zero-order valence-electron chi connectivity index (χ0n) is 21.8. The fraction of sp³-hybridized carbons (Fsp3) is 0.345. The number of carbonyl (C=O) groups is 2. The molecule has 0 aliphatic carbocycles. The van der Waals surface area contributed by atoms with E-state index in [2.05, 4.69) is 64.9 Å². The fourth-order valence-corrected chi connectivity index (χ4v) is 6.54. The Kier molecular flexibility index (Phi) is 8.09. The molecule has 8 heteroatoms. The quantitative estimate of drug-likeness (QED) is 0.304. The molecule has 1 aliphatic heterocycles. The average molecular weight is 538 g/mol. The number of hydrogen-bond donors (Lipinski definition) is 2. The van der Waals surface area contributed by atoms with Crippen LogP contribution in [0.4, 0.5) is 5.69 Å². The second-order valence-electron chi connectivity index (χ2n) is 9.74. The van der Waals surface area contributed by atoms with Crippen LogP contribution >= 0.6 is 23.1 Å². The van der Waals surface area contributed by atoms with Crippen molar-refractivity contribution in [3.63, 3.8) is 0 Å². The van der Waals surface area contributed by atoms with Gasteiger partial charge in [0, 0.05) is 23.6 Å². The first kappa shape index (κ1) is 26.9. The highest BCUT2D eigenvalue weighted by Crippen LogP contribution is 2.47. The predicted molar refractivity (Wildman–Crippen MR) is 151 cm³/mol. The third-order valence-corrected chi connectivity index (χ3v) is 8.78. The Balaban J connectivity index is 1.78. The number of thiazole rings is 1. The van der Waals surface area contributed by atoms with Gasteiger partial charge in [0.1, 0.15) is 10.6 Å². The second kappa shape index (κ2) is 11.1. The molecular weight excluding hydrogens is 504 g/mol. The van der Waals surface area contributed by atoms with Crippen LogP contribution in [0.3, 0.4) is 0 Å². The average Bonchev–Trinajstić information content (AvgIpc) is 3.35. The van der Waals surface area contributed by atoms with Crippen molar-refractivity contribution in [1.82, 2.24) is 0 Å². The molecule has 1 aromatic heterocycles. The Morgan fingerprint density at radius 2 is 1.70 bits per heavy atom. The molecule has 194 valence electrons. The maximum Gasteiger partial charge on any atom is 0.312 e. The Morgan fingerprint density at radius 1 is 1.03 bits per heavy atom. The number of hydrogen-bond acceptors (Lipinski definition) is 5. The first-order valence-corrected chi connectivity index (χ1v) is 14.1. The minimum atomic E-state index is -0.814. The maximum atomic E-state index is 11.7. The molecule has 0 amide bonds. The molecule has 2 N–H and O–H groups in total. The number of nitrogens with zero attached hydrogens (tertiary/aromatic N) is 2. The molecule has 0 fully saturated rings. The minimum absolute atomic E-state index is 0.389. The number of aromatic nitrogens is 1. The van der Waals surface area contributed by atoms with Gasteiger partial charge in [-0.3, -0.25) is 9.59 Å². The number of thioether (sulfide) groups is 1. The Morgan fingerprint density at radius 3 is 2.38 bits per heavy atom. The molecule has 6 nitrogen and oxygen atoms in total. The number of allylic oxidation sites excluding steroid dienone is 2. The normalized spacial score (nSPS) is 16.3. The molecule has 3 aromatic rings. The number of benzene rings is 2. The van der Waals surface area contributed by atoms with Crippen LogP contribution in [0.25, 0.3) is 16.3 Å². The highest BCUT2D eigenvalue weighted by molar-refractivity contribution is 8.03. The summed E-state index contributed by atoms with van der Waals surface area (Å²) in [5.74, 6) is -2.67. The Hall–Kier alpha value is -3.10. The summed E-state index contributed by atoms with van der Waals surface area (Å²) in [7, 11) is 0. The van der Waals surface area contributed by atoms with E-state index < -0.39 is 23.8 Å². The molecule has 2 heterocycles. The smallest absolute Gasteiger partial charge is 0.312 e. The molecule has 0 spiro atoms. The summed E-state index contributed by atoms with van der Waals surface area (Å²) in [6.45, 7) is 10.4. The number of rotatable bonds is 9. The van der Waals surface area contributed by atoms with Gasteiger partial charge in [-0.25, -0.2) is 0 Å². The Labute approximate surface area is 225 Å². The van der Waals surface area contributed by atoms with Crippen LogP contribution < -0.4 is 9.47 Å². The van der Waals surface area contributed by atoms with E-state index in [-0.39, 0.29) is 0 Å². The summed E-state index contributed by atoms with van der Waals surface area (Å²) < 4.78 is 3.23. The van der Waals surface area contributed by atoms with E-state index in [9.17, 15) is 19.8 Å². The first-order chi connectivity index (χ1) is 17.6. The first-order valence-electron chi connectivity index (χ1n) is 12.4. The van der Waals surface area contributed by atoms with Crippen molar-refractivity contribution in [2.24, 2.45) is 11.8 Å². The van der Waals surface area contributed by atoms with E-state index in [4.69, 9.17) is 0 Å². The number of carboxylic acid groups (broad SMARTS) is 2. The lowest BCUT2D eigenvalue weighted by atomic mass is 10.1. The van der Waals surface area contributed by atoms with E-state index in [1.165, 1.54) is 0 Å². The molecule has 0 saturated heterocycles. The van der Waals surface area contributed by atoms with E-state index in [1.807, 2.05) is 13.8 Å². The third-order valence-electron chi connectivity index (χ3n) is 6.55. The SMILES string of the molecule is CCC(/C=C1\Sc2ccc(C)cc2N1CC(C)C(=O)O)=C\c1sc2ccc(C)cc2[n+]1CC(C)C(=O)O. The lowest BCUT2D eigenvalue weighted by molar-refractivity contribution is -0.673. The highest BCUT2D eigenvalue weighted by Gasteiger charge is 2.29. The van der Waals surface area contributed by atoms with E-state index in [0.717, 1.165) is 54.0 Å². The van der Waals surface area contributed by atoms with Crippen molar-refractivity contribution in [3.8, 4) is 0 Å². The van der Waals surface area contributed by atoms with E-state index in [1.54, 1.807) is 36.9 Å². The minimum Gasteiger partial charge on any atom is -0.481 e. The number of carboxylic acids is 2. The van der Waals surface area contributed by atoms with Gasteiger partial charge in [0.15, 0.2) is 6.54 Å². The summed E-state index contributed by atoms with van der Waals surface area (Å²) in [4.78, 5) is 26.6. The molecular formula is C29H33N2O4S2+. The van der Waals surface area contributed by atoms with Gasteiger partial charge >= 0.3 is 11.9 Å². The van der Waals surface area contributed by atoms with Crippen LogP contribution in [0.2, 0.25) is 0 Å². The molecule has 0 saturated carbocycles. The standard InChI is InChI=1S/C29H32N2O4S2/c1-6-21(13-26-30(15-19(4)28(32)33)22-11-17(2)7-9-24(22)36-26)14-27-31(16-20(5)29(34)35)23-12-18(3)8-10-25(23)37-27/h7-14,19-20H,6,15-16H2,1-5H3,(H-,32,33,34,35)/p+1. The van der Waals surface area contributed by atoms with E-state index >= 15 is 0 Å². The van der Waals surface area contributed by atoms with Gasteiger partial charge in [-0.1, -0.05) is 49.1 Å². The molecule has 37 heavy (non-hydrogen) atoms. The van der Waals surface area contributed by atoms with Crippen LogP contribution in [0, 0.1) is 25.7 Å². The van der Waals surface area contributed by atoms with Gasteiger partial charge in [-0.15, -0.1) is 0 Å². The molecule has 0 radical (unpaired) electrons. The van der Waals surface area contributed by atoms with Gasteiger partial charge < -0.3 is 15.1 Å². The van der Waals surface area contributed by atoms with Crippen molar-refractivity contribution >= 4 is 57.0 Å². The van der Waals surface area contributed by atoms with Gasteiger partial charge in [0.2, 0.25) is 5.52 Å². The van der Waals surface area contributed by atoms with Crippen molar-refractivity contribution < 1.29 is 24.4 Å². The number of aryl methyl sites for hydroxylation is 2. The van der Waals surface area contributed by atoms with Crippen molar-refractivity contribution in [2.45, 2.75) is 52.5 Å². The largest absolute Gasteiger partial charge is 0.481 e. The summed E-state index contributed by atoms with van der Waals surface area (Å²) in [5.41, 5.74) is 5.45.